The van der Waals surface area contributed by atoms with Gasteiger partial charge in [-0.1, -0.05) is 18.2 Å². The van der Waals surface area contributed by atoms with Gasteiger partial charge in [0, 0.05) is 17.5 Å². The van der Waals surface area contributed by atoms with Crippen LogP contribution in [-0.4, -0.2) is 27.8 Å². The van der Waals surface area contributed by atoms with Gasteiger partial charge in [-0.3, -0.25) is 4.79 Å². The lowest BCUT2D eigenvalue weighted by Gasteiger charge is -2.15. The number of alkyl halides is 3. The lowest BCUT2D eigenvalue weighted by Crippen LogP contribution is -2.15. The summed E-state index contributed by atoms with van der Waals surface area (Å²) in [7, 11) is 0. The maximum Gasteiger partial charge on any atom is 0.337 e. The Labute approximate surface area is 112 Å². The summed E-state index contributed by atoms with van der Waals surface area (Å²) < 4.78 is 26.0. The van der Waals surface area contributed by atoms with Gasteiger partial charge in [-0.15, -0.1) is 11.6 Å². The van der Waals surface area contributed by atoms with E-state index in [0.29, 0.717) is 0 Å². The molecule has 1 atom stereocenters. The van der Waals surface area contributed by atoms with Gasteiger partial charge < -0.3 is 10.2 Å². The summed E-state index contributed by atoms with van der Waals surface area (Å²) in [4.78, 5) is 21.9. The summed E-state index contributed by atoms with van der Waals surface area (Å²) >= 11 is 5.31. The molecule has 0 bridgehead atoms. The lowest BCUT2D eigenvalue weighted by molar-refractivity contribution is -0.147. The Bertz CT molecular complexity index is 491. The zero-order valence-corrected chi connectivity index (χ0v) is 10.4. The summed E-state index contributed by atoms with van der Waals surface area (Å²) in [6.45, 7) is 0. The number of aliphatic carboxylic acids is 1. The average Bonchev–Trinajstić information content (AvgIpc) is 2.36. The van der Waals surface area contributed by atoms with Crippen LogP contribution >= 0.6 is 11.6 Å². The highest BCUT2D eigenvalue weighted by Gasteiger charge is 2.26. The zero-order chi connectivity index (χ0) is 14.6. The van der Waals surface area contributed by atoms with Crippen molar-refractivity contribution < 1.29 is 28.6 Å². The molecule has 7 heteroatoms. The second-order valence-electron chi connectivity index (χ2n) is 3.81. The Kier molecular flexibility index (Phi) is 5.38. The Morgan fingerprint density at radius 2 is 1.95 bits per heavy atom. The molecule has 4 nitrogen and oxygen atoms in total. The number of benzene rings is 1. The number of aliphatic hydroxyl groups is 1. The van der Waals surface area contributed by atoms with E-state index in [-0.39, 0.29) is 17.9 Å². The van der Waals surface area contributed by atoms with Crippen LogP contribution in [-0.2, 0) is 16.0 Å². The molecule has 104 valence electrons. The quantitative estimate of drug-likeness (QED) is 0.787. The van der Waals surface area contributed by atoms with E-state index in [4.69, 9.17) is 16.7 Å². The van der Waals surface area contributed by atoms with Crippen LogP contribution in [0.4, 0.5) is 8.78 Å². The summed E-state index contributed by atoms with van der Waals surface area (Å²) in [6.07, 6.45) is -5.39. The highest BCUT2D eigenvalue weighted by atomic mass is 35.5. The number of carbonyl (C=O) groups is 2. The fraction of sp³-hybridized carbons (Fsp3) is 0.333. The van der Waals surface area contributed by atoms with E-state index in [0.717, 1.165) is 6.07 Å². The number of hydrogen-bond donors (Lipinski definition) is 2. The molecule has 0 aliphatic rings. The van der Waals surface area contributed by atoms with Crippen molar-refractivity contribution >= 4 is 23.4 Å². The molecule has 1 aromatic rings. The third-order valence-corrected chi connectivity index (χ3v) is 2.81. The van der Waals surface area contributed by atoms with E-state index < -0.39 is 35.4 Å². The van der Waals surface area contributed by atoms with E-state index in [9.17, 15) is 23.5 Å². The summed E-state index contributed by atoms with van der Waals surface area (Å²) in [5.41, 5.74) is -1.07. The van der Waals surface area contributed by atoms with E-state index in [2.05, 4.69) is 0 Å². The molecular formula is C12H11ClF2O4. The van der Waals surface area contributed by atoms with Gasteiger partial charge in [-0.05, 0) is 5.56 Å². The highest BCUT2D eigenvalue weighted by molar-refractivity contribution is 6.27. The van der Waals surface area contributed by atoms with Crippen molar-refractivity contribution in [3.63, 3.8) is 0 Å². The molecule has 0 fully saturated rings. The number of carbonyl (C=O) groups excluding carboxylic acids is 1. The van der Waals surface area contributed by atoms with Crippen molar-refractivity contribution in [2.24, 2.45) is 0 Å². The fourth-order valence-electron chi connectivity index (χ4n) is 1.68. The molecule has 1 rings (SSSR count). The van der Waals surface area contributed by atoms with Gasteiger partial charge in [0.2, 0.25) is 0 Å². The van der Waals surface area contributed by atoms with Crippen LogP contribution in [0.3, 0.4) is 0 Å². The molecule has 1 unspecified atom stereocenters. The normalized spacial score (nSPS) is 12.5. The van der Waals surface area contributed by atoms with Crippen LogP contribution in [0.2, 0.25) is 0 Å². The predicted octanol–water partition coefficient (Wildman–Crippen LogP) is 2.09. The standard InChI is InChI=1S/C12H11ClF2O4/c13-5-7(16)4-6-2-1-3-8(9(6)11(14)15)10(17)12(18)19/h1-3,10-11,17H,4-5H2,(H,18,19). The molecule has 0 saturated heterocycles. The summed E-state index contributed by atoms with van der Waals surface area (Å²) in [6, 6.07) is 3.68. The summed E-state index contributed by atoms with van der Waals surface area (Å²) in [5.74, 6) is -2.43. The second-order valence-corrected chi connectivity index (χ2v) is 4.08. The molecule has 2 N–H and O–H groups in total. The third kappa shape index (κ3) is 3.71. The number of aliphatic hydroxyl groups excluding tert-OH is 1. The number of rotatable bonds is 6. The minimum absolute atomic E-state index is 0.0292. The van der Waals surface area contributed by atoms with Gasteiger partial charge in [0.15, 0.2) is 11.9 Å². The van der Waals surface area contributed by atoms with Crippen molar-refractivity contribution in [2.75, 3.05) is 5.88 Å². The predicted molar refractivity (Wildman–Crippen MR) is 63.4 cm³/mol. The lowest BCUT2D eigenvalue weighted by atomic mass is 9.94. The van der Waals surface area contributed by atoms with Gasteiger partial charge >= 0.3 is 5.97 Å². The molecule has 0 heterocycles. The van der Waals surface area contributed by atoms with Crippen LogP contribution in [0.5, 0.6) is 0 Å². The number of carboxylic acids is 1. The Morgan fingerprint density at radius 1 is 1.32 bits per heavy atom. The number of Topliss-reactive ketones (excluding diaryl/α,β-unsaturated/α-hetero) is 1. The Morgan fingerprint density at radius 3 is 2.42 bits per heavy atom. The second kappa shape index (κ2) is 6.58. The monoisotopic (exact) mass is 292 g/mol. The molecular weight excluding hydrogens is 282 g/mol. The Balaban J connectivity index is 3.29. The largest absolute Gasteiger partial charge is 0.479 e. The van der Waals surface area contributed by atoms with Gasteiger partial charge in [-0.25, -0.2) is 13.6 Å². The highest BCUT2D eigenvalue weighted by Crippen LogP contribution is 2.31. The third-order valence-electron chi connectivity index (χ3n) is 2.51. The van der Waals surface area contributed by atoms with Crippen LogP contribution in [0.15, 0.2) is 18.2 Å². The van der Waals surface area contributed by atoms with Crippen LogP contribution in [0.1, 0.15) is 29.2 Å². The first-order chi connectivity index (χ1) is 8.88. The minimum Gasteiger partial charge on any atom is -0.479 e. The first-order valence-electron chi connectivity index (χ1n) is 5.26. The van der Waals surface area contributed by atoms with Gasteiger partial charge in [-0.2, -0.15) is 0 Å². The maximum atomic E-state index is 13.0. The van der Waals surface area contributed by atoms with Crippen molar-refractivity contribution in [1.29, 1.82) is 0 Å². The van der Waals surface area contributed by atoms with Gasteiger partial charge in [0.1, 0.15) is 0 Å². The zero-order valence-electron chi connectivity index (χ0n) is 9.65. The molecule has 0 amide bonds. The van der Waals surface area contributed by atoms with Gasteiger partial charge in [0.25, 0.3) is 6.43 Å². The van der Waals surface area contributed by atoms with E-state index in [1.165, 1.54) is 12.1 Å². The molecule has 19 heavy (non-hydrogen) atoms. The average molecular weight is 293 g/mol. The minimum atomic E-state index is -3.00. The SMILES string of the molecule is O=C(CCl)Cc1cccc(C(O)C(=O)O)c1C(F)F. The van der Waals surface area contributed by atoms with E-state index >= 15 is 0 Å². The first kappa shape index (κ1) is 15.5. The number of ketones is 1. The van der Waals surface area contributed by atoms with Gasteiger partial charge in [0.05, 0.1) is 5.88 Å². The van der Waals surface area contributed by atoms with Crippen LogP contribution < -0.4 is 0 Å². The van der Waals surface area contributed by atoms with Crippen LogP contribution in [0, 0.1) is 0 Å². The first-order valence-corrected chi connectivity index (χ1v) is 5.80. The molecule has 1 aromatic carbocycles. The van der Waals surface area contributed by atoms with Crippen LogP contribution in [0.25, 0.3) is 0 Å². The summed E-state index contributed by atoms with van der Waals surface area (Å²) in [5, 5.41) is 18.1. The molecule has 0 saturated carbocycles. The molecule has 0 spiro atoms. The number of halogens is 3. The maximum absolute atomic E-state index is 13.0. The topological polar surface area (TPSA) is 74.6 Å². The molecule has 0 aliphatic carbocycles. The molecule has 0 aromatic heterocycles. The van der Waals surface area contributed by atoms with E-state index in [1.54, 1.807) is 0 Å². The number of hydrogen-bond acceptors (Lipinski definition) is 3. The fourth-order valence-corrected chi connectivity index (χ4v) is 1.78. The molecule has 0 radical (unpaired) electrons. The Hall–Kier alpha value is -1.53. The van der Waals surface area contributed by atoms with Crippen molar-refractivity contribution in [2.45, 2.75) is 19.0 Å². The smallest absolute Gasteiger partial charge is 0.337 e. The molecule has 0 aliphatic heterocycles. The van der Waals surface area contributed by atoms with Crippen molar-refractivity contribution in [3.8, 4) is 0 Å². The van der Waals surface area contributed by atoms with Crippen molar-refractivity contribution in [3.05, 3.63) is 34.9 Å². The van der Waals surface area contributed by atoms with E-state index in [1.807, 2.05) is 0 Å². The number of carboxylic acid groups (broad SMARTS) is 1. The van der Waals surface area contributed by atoms with Crippen molar-refractivity contribution in [1.82, 2.24) is 0 Å².